The number of rotatable bonds is 6. The summed E-state index contributed by atoms with van der Waals surface area (Å²) in [7, 11) is 0. The molecule has 92 valence electrons. The van der Waals surface area contributed by atoms with Gasteiger partial charge in [-0.3, -0.25) is 0 Å². The van der Waals surface area contributed by atoms with Gasteiger partial charge in [0.1, 0.15) is 0 Å². The van der Waals surface area contributed by atoms with Crippen molar-refractivity contribution < 1.29 is 18.3 Å². The molecule has 0 radical (unpaired) electrons. The first-order chi connectivity index (χ1) is 6.80. The molecule has 0 fully saturated rings. The van der Waals surface area contributed by atoms with Gasteiger partial charge in [0.25, 0.3) is 0 Å². The van der Waals surface area contributed by atoms with E-state index in [4.69, 9.17) is 5.11 Å². The summed E-state index contributed by atoms with van der Waals surface area (Å²) in [5.74, 6) is 0. The minimum atomic E-state index is -4.14. The Morgan fingerprint density at radius 3 is 2.20 bits per heavy atom. The maximum atomic E-state index is 12.0. The molecule has 0 saturated carbocycles. The van der Waals surface area contributed by atoms with Crippen molar-refractivity contribution in [2.24, 2.45) is 0 Å². The molecule has 0 heterocycles. The van der Waals surface area contributed by atoms with E-state index < -0.39 is 18.6 Å². The SMILES string of the molecule is CSC(CO)C(C)NC(C)CC(F)(F)F. The first-order valence-electron chi connectivity index (χ1n) is 4.76. The second-order valence-electron chi connectivity index (χ2n) is 3.63. The van der Waals surface area contributed by atoms with Gasteiger partial charge < -0.3 is 10.4 Å². The lowest BCUT2D eigenvalue weighted by Gasteiger charge is -2.25. The van der Waals surface area contributed by atoms with E-state index in [1.807, 2.05) is 6.26 Å². The number of alkyl halides is 3. The molecule has 0 aliphatic carbocycles. The number of aliphatic hydroxyl groups is 1. The minimum absolute atomic E-state index is 0.0337. The number of halogens is 3. The van der Waals surface area contributed by atoms with Crippen LogP contribution in [0, 0.1) is 0 Å². The number of nitrogens with one attached hydrogen (secondary N) is 1. The zero-order chi connectivity index (χ0) is 12.1. The molecule has 0 aromatic carbocycles. The lowest BCUT2D eigenvalue weighted by atomic mass is 10.1. The third-order valence-corrected chi connectivity index (χ3v) is 3.29. The summed E-state index contributed by atoms with van der Waals surface area (Å²) in [5.41, 5.74) is 0. The molecular weight excluding hydrogens is 227 g/mol. The lowest BCUT2D eigenvalue weighted by Crippen LogP contribution is -2.44. The van der Waals surface area contributed by atoms with Crippen LogP contribution in [0.15, 0.2) is 0 Å². The molecule has 0 aliphatic rings. The van der Waals surface area contributed by atoms with Crippen LogP contribution in [0.5, 0.6) is 0 Å². The number of thioether (sulfide) groups is 1. The van der Waals surface area contributed by atoms with E-state index in [2.05, 4.69) is 5.32 Å². The van der Waals surface area contributed by atoms with Crippen molar-refractivity contribution in [2.45, 2.75) is 43.8 Å². The van der Waals surface area contributed by atoms with Gasteiger partial charge in [-0.1, -0.05) is 0 Å². The third kappa shape index (κ3) is 7.03. The fraction of sp³-hybridized carbons (Fsp3) is 1.00. The summed E-state index contributed by atoms with van der Waals surface area (Å²) in [6.07, 6.45) is -3.16. The fourth-order valence-electron chi connectivity index (χ4n) is 1.40. The highest BCUT2D eigenvalue weighted by Gasteiger charge is 2.31. The minimum Gasteiger partial charge on any atom is -0.395 e. The molecule has 0 aromatic rings. The predicted molar refractivity (Wildman–Crippen MR) is 57.1 cm³/mol. The van der Waals surface area contributed by atoms with Crippen LogP contribution < -0.4 is 5.32 Å². The molecule has 15 heavy (non-hydrogen) atoms. The van der Waals surface area contributed by atoms with E-state index in [0.717, 1.165) is 0 Å². The van der Waals surface area contributed by atoms with Crippen LogP contribution in [-0.4, -0.2) is 41.5 Å². The molecule has 3 atom stereocenters. The second kappa shape index (κ2) is 6.60. The van der Waals surface area contributed by atoms with Gasteiger partial charge in [-0.15, -0.1) is 0 Å². The van der Waals surface area contributed by atoms with E-state index in [-0.39, 0.29) is 17.9 Å². The van der Waals surface area contributed by atoms with Crippen LogP contribution in [0.3, 0.4) is 0 Å². The Hall–Kier alpha value is 0.0600. The van der Waals surface area contributed by atoms with Crippen molar-refractivity contribution in [3.63, 3.8) is 0 Å². The summed E-state index contributed by atoms with van der Waals surface area (Å²) in [4.78, 5) is 0. The van der Waals surface area contributed by atoms with E-state index in [1.165, 1.54) is 18.7 Å². The maximum Gasteiger partial charge on any atom is 0.390 e. The Labute approximate surface area is 92.6 Å². The molecule has 0 spiro atoms. The average Bonchev–Trinajstić information content (AvgIpc) is 2.02. The number of hydrogen-bond donors (Lipinski definition) is 2. The average molecular weight is 245 g/mol. The monoisotopic (exact) mass is 245 g/mol. The molecule has 0 bridgehead atoms. The van der Waals surface area contributed by atoms with Crippen LogP contribution in [0.25, 0.3) is 0 Å². The van der Waals surface area contributed by atoms with E-state index in [9.17, 15) is 13.2 Å². The molecule has 0 aromatic heterocycles. The Bertz CT molecular complexity index is 173. The van der Waals surface area contributed by atoms with E-state index in [1.54, 1.807) is 6.92 Å². The van der Waals surface area contributed by atoms with Crippen LogP contribution in [0.1, 0.15) is 20.3 Å². The molecule has 0 amide bonds. The summed E-state index contributed by atoms with van der Waals surface area (Å²) >= 11 is 1.44. The van der Waals surface area contributed by atoms with Crippen LogP contribution in [0.2, 0.25) is 0 Å². The molecule has 3 unspecified atom stereocenters. The number of aliphatic hydroxyl groups excluding tert-OH is 1. The summed E-state index contributed by atoms with van der Waals surface area (Å²) in [6.45, 7) is 3.25. The molecule has 6 heteroatoms. The highest BCUT2D eigenvalue weighted by molar-refractivity contribution is 7.99. The van der Waals surface area contributed by atoms with Gasteiger partial charge in [-0.05, 0) is 20.1 Å². The van der Waals surface area contributed by atoms with Gasteiger partial charge in [0.2, 0.25) is 0 Å². The fourth-order valence-corrected chi connectivity index (χ4v) is 2.03. The normalized spacial score (nSPS) is 18.6. The Balaban J connectivity index is 4.00. The quantitative estimate of drug-likeness (QED) is 0.751. The highest BCUT2D eigenvalue weighted by atomic mass is 32.2. The van der Waals surface area contributed by atoms with Gasteiger partial charge in [0.05, 0.1) is 13.0 Å². The summed E-state index contributed by atoms with van der Waals surface area (Å²) in [6, 6.07) is -0.761. The smallest absolute Gasteiger partial charge is 0.390 e. The molecule has 0 aliphatic heterocycles. The van der Waals surface area contributed by atoms with E-state index in [0.29, 0.717) is 0 Å². The van der Waals surface area contributed by atoms with Crippen LogP contribution >= 0.6 is 11.8 Å². The van der Waals surface area contributed by atoms with Crippen molar-refractivity contribution in [3.8, 4) is 0 Å². The first-order valence-corrected chi connectivity index (χ1v) is 6.05. The predicted octanol–water partition coefficient (Wildman–Crippen LogP) is 2.03. The molecule has 2 nitrogen and oxygen atoms in total. The maximum absolute atomic E-state index is 12.0. The molecular formula is C9H18F3NOS. The molecule has 0 rings (SSSR count). The third-order valence-electron chi connectivity index (χ3n) is 2.13. The van der Waals surface area contributed by atoms with Gasteiger partial charge in [-0.25, -0.2) is 0 Å². The van der Waals surface area contributed by atoms with Gasteiger partial charge in [-0.2, -0.15) is 24.9 Å². The Kier molecular flexibility index (Phi) is 6.63. The van der Waals surface area contributed by atoms with Crippen molar-refractivity contribution in [2.75, 3.05) is 12.9 Å². The summed E-state index contributed by atoms with van der Waals surface area (Å²) in [5, 5.41) is 11.7. The Morgan fingerprint density at radius 1 is 1.33 bits per heavy atom. The topological polar surface area (TPSA) is 32.3 Å². The van der Waals surface area contributed by atoms with Crippen LogP contribution in [0.4, 0.5) is 13.2 Å². The van der Waals surface area contributed by atoms with Crippen molar-refractivity contribution in [1.82, 2.24) is 5.32 Å². The molecule has 2 N–H and O–H groups in total. The van der Waals surface area contributed by atoms with Crippen molar-refractivity contribution >= 4 is 11.8 Å². The van der Waals surface area contributed by atoms with Crippen molar-refractivity contribution in [1.29, 1.82) is 0 Å². The highest BCUT2D eigenvalue weighted by Crippen LogP contribution is 2.22. The summed E-state index contributed by atoms with van der Waals surface area (Å²) < 4.78 is 36.1. The first kappa shape index (κ1) is 15.1. The lowest BCUT2D eigenvalue weighted by molar-refractivity contribution is -0.139. The van der Waals surface area contributed by atoms with Gasteiger partial charge in [0, 0.05) is 17.3 Å². The number of hydrogen-bond acceptors (Lipinski definition) is 3. The standard InChI is InChI=1S/C9H18F3NOS/c1-6(4-9(10,11)12)13-7(2)8(5-14)15-3/h6-8,13-14H,4-5H2,1-3H3. The van der Waals surface area contributed by atoms with Gasteiger partial charge >= 0.3 is 6.18 Å². The zero-order valence-corrected chi connectivity index (χ0v) is 9.95. The van der Waals surface area contributed by atoms with Crippen molar-refractivity contribution in [3.05, 3.63) is 0 Å². The largest absolute Gasteiger partial charge is 0.395 e. The Morgan fingerprint density at radius 2 is 1.87 bits per heavy atom. The van der Waals surface area contributed by atoms with Crippen LogP contribution in [-0.2, 0) is 0 Å². The van der Waals surface area contributed by atoms with Gasteiger partial charge in [0.15, 0.2) is 0 Å². The second-order valence-corrected chi connectivity index (χ2v) is 4.71. The van der Waals surface area contributed by atoms with E-state index >= 15 is 0 Å². The zero-order valence-electron chi connectivity index (χ0n) is 9.14. The molecule has 0 saturated heterocycles.